The van der Waals surface area contributed by atoms with Crippen LogP contribution in [0.4, 0.5) is 0 Å². The zero-order chi connectivity index (χ0) is 21.0. The zero-order valence-corrected chi connectivity index (χ0v) is 17.6. The molecule has 8 heteroatoms. The maximum absolute atomic E-state index is 13.0. The van der Waals surface area contributed by atoms with Crippen molar-refractivity contribution in [2.45, 2.75) is 4.90 Å². The molecule has 2 aromatic carbocycles. The minimum absolute atomic E-state index is 0.0736. The highest BCUT2D eigenvalue weighted by Crippen LogP contribution is 2.38. The molecule has 1 saturated heterocycles. The van der Waals surface area contributed by atoms with Crippen molar-refractivity contribution in [1.82, 2.24) is 9.80 Å². The SMILES string of the molecule is COc1cc(C(=O)N2CCN(C(=O)c3ccccc3S)CC2)cc(OC)c1OC. The van der Waals surface area contributed by atoms with Crippen LogP contribution in [-0.4, -0.2) is 69.1 Å². The number of nitrogens with zero attached hydrogens (tertiary/aromatic N) is 2. The minimum atomic E-state index is -0.147. The molecule has 29 heavy (non-hydrogen) atoms. The summed E-state index contributed by atoms with van der Waals surface area (Å²) in [7, 11) is 4.53. The van der Waals surface area contributed by atoms with Gasteiger partial charge in [-0.05, 0) is 24.3 Å². The normalized spacial score (nSPS) is 13.8. The van der Waals surface area contributed by atoms with E-state index in [-0.39, 0.29) is 11.8 Å². The van der Waals surface area contributed by atoms with Crippen molar-refractivity contribution in [2.24, 2.45) is 0 Å². The number of amides is 2. The van der Waals surface area contributed by atoms with E-state index in [2.05, 4.69) is 12.6 Å². The minimum Gasteiger partial charge on any atom is -0.493 e. The summed E-state index contributed by atoms with van der Waals surface area (Å²) in [5.41, 5.74) is 1.01. The molecule has 1 fully saturated rings. The van der Waals surface area contributed by atoms with Crippen molar-refractivity contribution in [3.8, 4) is 17.2 Å². The van der Waals surface area contributed by atoms with Crippen molar-refractivity contribution >= 4 is 24.4 Å². The largest absolute Gasteiger partial charge is 0.493 e. The first-order valence-corrected chi connectivity index (χ1v) is 9.61. The van der Waals surface area contributed by atoms with E-state index >= 15 is 0 Å². The van der Waals surface area contributed by atoms with Crippen LogP contribution in [0.1, 0.15) is 20.7 Å². The van der Waals surface area contributed by atoms with E-state index in [0.29, 0.717) is 59.4 Å². The Morgan fingerprint density at radius 2 is 1.34 bits per heavy atom. The average Bonchev–Trinajstić information content (AvgIpc) is 2.77. The highest BCUT2D eigenvalue weighted by atomic mass is 32.1. The molecule has 0 N–H and O–H groups in total. The molecule has 2 aromatic rings. The number of thiol groups is 1. The molecule has 0 saturated carbocycles. The van der Waals surface area contributed by atoms with Gasteiger partial charge in [-0.2, -0.15) is 0 Å². The fourth-order valence-corrected chi connectivity index (χ4v) is 3.58. The molecule has 0 bridgehead atoms. The summed E-state index contributed by atoms with van der Waals surface area (Å²) in [4.78, 5) is 29.8. The fraction of sp³-hybridized carbons (Fsp3) is 0.333. The van der Waals surface area contributed by atoms with E-state index in [1.54, 1.807) is 34.1 Å². The van der Waals surface area contributed by atoms with Gasteiger partial charge in [0, 0.05) is 36.6 Å². The lowest BCUT2D eigenvalue weighted by molar-refractivity contribution is 0.0533. The lowest BCUT2D eigenvalue weighted by Gasteiger charge is -2.35. The smallest absolute Gasteiger partial charge is 0.255 e. The molecule has 1 heterocycles. The predicted octanol–water partition coefficient (Wildman–Crippen LogP) is 2.60. The van der Waals surface area contributed by atoms with Crippen LogP contribution in [0.15, 0.2) is 41.3 Å². The number of benzene rings is 2. The van der Waals surface area contributed by atoms with Crippen molar-refractivity contribution in [3.05, 3.63) is 47.5 Å². The average molecular weight is 416 g/mol. The van der Waals surface area contributed by atoms with Gasteiger partial charge in [0.15, 0.2) is 11.5 Å². The van der Waals surface area contributed by atoms with E-state index in [0.717, 1.165) is 0 Å². The molecule has 3 rings (SSSR count). The van der Waals surface area contributed by atoms with Crippen LogP contribution in [0, 0.1) is 0 Å². The summed E-state index contributed by atoms with van der Waals surface area (Å²) in [6.45, 7) is 1.79. The van der Waals surface area contributed by atoms with Gasteiger partial charge in [-0.3, -0.25) is 9.59 Å². The van der Waals surface area contributed by atoms with Gasteiger partial charge in [-0.1, -0.05) is 12.1 Å². The van der Waals surface area contributed by atoms with Crippen molar-refractivity contribution in [2.75, 3.05) is 47.5 Å². The van der Waals surface area contributed by atoms with Crippen LogP contribution in [0.5, 0.6) is 17.2 Å². The van der Waals surface area contributed by atoms with Crippen LogP contribution in [-0.2, 0) is 0 Å². The topological polar surface area (TPSA) is 68.3 Å². The van der Waals surface area contributed by atoms with E-state index in [9.17, 15) is 9.59 Å². The van der Waals surface area contributed by atoms with Crippen LogP contribution in [0.25, 0.3) is 0 Å². The summed E-state index contributed by atoms with van der Waals surface area (Å²) >= 11 is 4.36. The van der Waals surface area contributed by atoms with Crippen LogP contribution >= 0.6 is 12.6 Å². The Kier molecular flexibility index (Phi) is 6.53. The van der Waals surface area contributed by atoms with Crippen molar-refractivity contribution < 1.29 is 23.8 Å². The third-order valence-corrected chi connectivity index (χ3v) is 5.29. The maximum Gasteiger partial charge on any atom is 0.255 e. The highest BCUT2D eigenvalue weighted by molar-refractivity contribution is 7.80. The predicted molar refractivity (Wildman–Crippen MR) is 112 cm³/mol. The Balaban J connectivity index is 1.72. The molecule has 0 unspecified atom stereocenters. The first-order chi connectivity index (χ1) is 14.0. The Morgan fingerprint density at radius 1 is 0.828 bits per heavy atom. The van der Waals surface area contributed by atoms with Gasteiger partial charge in [0.05, 0.1) is 26.9 Å². The second kappa shape index (κ2) is 9.09. The summed E-state index contributed by atoms with van der Waals surface area (Å²) < 4.78 is 16.0. The monoisotopic (exact) mass is 416 g/mol. The lowest BCUT2D eigenvalue weighted by Crippen LogP contribution is -2.50. The first kappa shape index (κ1) is 20.9. The summed E-state index contributed by atoms with van der Waals surface area (Å²) in [6, 6.07) is 10.5. The Bertz CT molecular complexity index is 885. The second-order valence-corrected chi connectivity index (χ2v) is 7.00. The number of methoxy groups -OCH3 is 3. The number of ether oxygens (including phenoxy) is 3. The molecule has 0 aliphatic carbocycles. The van der Waals surface area contributed by atoms with Gasteiger partial charge in [0.25, 0.3) is 11.8 Å². The number of piperazine rings is 1. The van der Waals surface area contributed by atoms with Gasteiger partial charge in [0.2, 0.25) is 5.75 Å². The van der Waals surface area contributed by atoms with E-state index < -0.39 is 0 Å². The molecule has 154 valence electrons. The van der Waals surface area contributed by atoms with Gasteiger partial charge in [0.1, 0.15) is 0 Å². The highest BCUT2D eigenvalue weighted by Gasteiger charge is 2.27. The van der Waals surface area contributed by atoms with Crippen LogP contribution < -0.4 is 14.2 Å². The second-order valence-electron chi connectivity index (χ2n) is 6.52. The van der Waals surface area contributed by atoms with Gasteiger partial charge >= 0.3 is 0 Å². The molecule has 1 aliphatic rings. The van der Waals surface area contributed by atoms with Gasteiger partial charge < -0.3 is 24.0 Å². The molecule has 0 atom stereocenters. The summed E-state index contributed by atoms with van der Waals surface area (Å²) in [5.74, 6) is 1.07. The number of carbonyl (C=O) groups excluding carboxylic acids is 2. The lowest BCUT2D eigenvalue weighted by atomic mass is 10.1. The zero-order valence-electron chi connectivity index (χ0n) is 16.7. The number of hydrogen-bond acceptors (Lipinski definition) is 6. The number of rotatable bonds is 5. The standard InChI is InChI=1S/C21H24N2O5S/c1-26-16-12-14(13-17(27-2)19(16)28-3)20(24)22-8-10-23(11-9-22)21(25)15-6-4-5-7-18(15)29/h4-7,12-13,29H,8-11H2,1-3H3. The third-order valence-electron chi connectivity index (χ3n) is 4.90. The number of hydrogen-bond donors (Lipinski definition) is 1. The molecule has 0 aromatic heterocycles. The molecule has 0 spiro atoms. The Hall–Kier alpha value is -2.87. The first-order valence-electron chi connectivity index (χ1n) is 9.16. The third kappa shape index (κ3) is 4.27. The summed E-state index contributed by atoms with van der Waals surface area (Å²) in [6.07, 6.45) is 0. The van der Waals surface area contributed by atoms with E-state index in [1.165, 1.54) is 21.3 Å². The van der Waals surface area contributed by atoms with Crippen LogP contribution in [0.2, 0.25) is 0 Å². The molecular formula is C21H24N2O5S. The molecule has 7 nitrogen and oxygen atoms in total. The molecule has 1 aliphatic heterocycles. The Morgan fingerprint density at radius 3 is 1.83 bits per heavy atom. The molecular weight excluding hydrogens is 392 g/mol. The fourth-order valence-electron chi connectivity index (χ4n) is 3.32. The van der Waals surface area contributed by atoms with Crippen molar-refractivity contribution in [1.29, 1.82) is 0 Å². The Labute approximate surface area is 175 Å². The molecule has 0 radical (unpaired) electrons. The van der Waals surface area contributed by atoms with E-state index in [1.807, 2.05) is 12.1 Å². The molecule has 2 amide bonds. The van der Waals surface area contributed by atoms with Crippen LogP contribution in [0.3, 0.4) is 0 Å². The van der Waals surface area contributed by atoms with Crippen molar-refractivity contribution in [3.63, 3.8) is 0 Å². The van der Waals surface area contributed by atoms with Gasteiger partial charge in [-0.15, -0.1) is 12.6 Å². The summed E-state index contributed by atoms with van der Waals surface area (Å²) in [5, 5.41) is 0. The quantitative estimate of drug-likeness (QED) is 0.759. The van der Waals surface area contributed by atoms with E-state index in [4.69, 9.17) is 14.2 Å². The number of carbonyl (C=O) groups is 2. The maximum atomic E-state index is 13.0. The van der Waals surface area contributed by atoms with Gasteiger partial charge in [-0.25, -0.2) is 0 Å².